The maximum absolute atomic E-state index is 10.0. The first kappa shape index (κ1) is 28.1. The quantitative estimate of drug-likeness (QED) is 0.222. The van der Waals surface area contributed by atoms with Crippen LogP contribution in [0.4, 0.5) is 0 Å². The van der Waals surface area contributed by atoms with Crippen molar-refractivity contribution in [2.24, 2.45) is 0 Å². The fourth-order valence-electron chi connectivity index (χ4n) is 3.34. The number of hydrogen-bond acceptors (Lipinski definition) is 6. The Bertz CT molecular complexity index is 1170. The van der Waals surface area contributed by atoms with E-state index < -0.39 is 0 Å². The number of aromatic nitrogens is 1. The van der Waals surface area contributed by atoms with E-state index in [2.05, 4.69) is 32.9 Å². The van der Waals surface area contributed by atoms with E-state index in [1.165, 1.54) is 25.5 Å². The van der Waals surface area contributed by atoms with E-state index in [0.717, 1.165) is 33.3 Å². The van der Waals surface area contributed by atoms with Gasteiger partial charge in [-0.3, -0.25) is 9.78 Å². The van der Waals surface area contributed by atoms with Crippen LogP contribution in [-0.2, 0) is 24.9 Å². The summed E-state index contributed by atoms with van der Waals surface area (Å²) in [4.78, 5) is 14.8. The number of ketones is 1. The molecule has 3 aromatic rings. The van der Waals surface area contributed by atoms with Crippen LogP contribution >= 0.6 is 0 Å². The molecule has 0 aliphatic carbocycles. The number of aliphatic hydroxyl groups is 1. The average Bonchev–Trinajstić information content (AvgIpc) is 2.73. The van der Waals surface area contributed by atoms with Crippen LogP contribution in [0.2, 0.25) is 0 Å². The smallest absolute Gasteiger partial charge is 0.204 e. The summed E-state index contributed by atoms with van der Waals surface area (Å²) in [7, 11) is 4.82. The number of pyridine rings is 1. The second-order valence-electron chi connectivity index (χ2n) is 7.44. The minimum Gasteiger partial charge on any atom is -0.512 e. The number of nitrogens with zero attached hydrogens (tertiary/aromatic N) is 1. The molecule has 0 saturated heterocycles. The number of hydrogen-bond donors (Lipinski definition) is 1. The Morgan fingerprint density at radius 2 is 1.61 bits per heavy atom. The number of aliphatic hydroxyl groups excluding tert-OH is 1. The third-order valence-corrected chi connectivity index (χ3v) is 4.89. The van der Waals surface area contributed by atoms with Crippen LogP contribution in [0.3, 0.4) is 0 Å². The average molecular weight is 629 g/mol. The Hall–Kier alpha value is -2.89. The Kier molecular flexibility index (Phi) is 10.6. The molecule has 1 N–H and O–H groups in total. The predicted molar refractivity (Wildman–Crippen MR) is 127 cm³/mol. The van der Waals surface area contributed by atoms with Crippen LogP contribution in [0, 0.1) is 26.8 Å². The molecule has 6 nitrogen and oxygen atoms in total. The minimum atomic E-state index is -0.125. The van der Waals surface area contributed by atoms with Crippen molar-refractivity contribution in [3.8, 4) is 28.5 Å². The van der Waals surface area contributed by atoms with Crippen LogP contribution in [0.15, 0.2) is 36.1 Å². The zero-order valence-corrected chi connectivity index (χ0v) is 22.6. The summed E-state index contributed by atoms with van der Waals surface area (Å²) >= 11 is 0. The molecule has 0 bridgehead atoms. The summed E-state index contributed by atoms with van der Waals surface area (Å²) in [5.41, 5.74) is 6.20. The van der Waals surface area contributed by atoms with Crippen LogP contribution in [0.5, 0.6) is 17.2 Å². The first-order valence-electron chi connectivity index (χ1n) is 10.1. The van der Waals surface area contributed by atoms with Crippen molar-refractivity contribution in [3.05, 3.63) is 58.9 Å². The van der Waals surface area contributed by atoms with Gasteiger partial charge in [0, 0.05) is 37.6 Å². The van der Waals surface area contributed by atoms with Gasteiger partial charge in [0.15, 0.2) is 17.3 Å². The second kappa shape index (κ2) is 12.4. The molecule has 2 aromatic carbocycles. The first-order chi connectivity index (χ1) is 15.1. The van der Waals surface area contributed by atoms with Crippen molar-refractivity contribution in [3.63, 3.8) is 0 Å². The van der Waals surface area contributed by atoms with Gasteiger partial charge in [-0.25, -0.2) is 0 Å². The Balaban J connectivity index is 0.000000595. The largest absolute Gasteiger partial charge is 0.512 e. The molecule has 3 rings (SSSR count). The summed E-state index contributed by atoms with van der Waals surface area (Å²) in [5, 5.41) is 9.24. The number of aryl methyl sites for hydroxylation is 3. The number of allylic oxidation sites excluding steroid dienone is 2. The Morgan fingerprint density at radius 1 is 0.970 bits per heavy atom. The molecule has 179 valence electrons. The fraction of sp³-hybridized carbons (Fsp3) is 0.308. The maximum Gasteiger partial charge on any atom is 0.204 e. The molecule has 0 spiro atoms. The van der Waals surface area contributed by atoms with Crippen molar-refractivity contribution in [1.29, 1.82) is 0 Å². The van der Waals surface area contributed by atoms with Gasteiger partial charge in [0.1, 0.15) is 0 Å². The van der Waals surface area contributed by atoms with Gasteiger partial charge >= 0.3 is 0 Å². The molecule has 0 aliphatic rings. The van der Waals surface area contributed by atoms with Gasteiger partial charge in [-0.1, -0.05) is 32.9 Å². The topological polar surface area (TPSA) is 77.9 Å². The van der Waals surface area contributed by atoms with Crippen molar-refractivity contribution in [1.82, 2.24) is 4.98 Å². The molecule has 7 heteroatoms. The summed E-state index contributed by atoms with van der Waals surface area (Å²) in [6.07, 6.45) is 1.17. The number of fused-ring (bicyclic) bond motifs is 1. The van der Waals surface area contributed by atoms with Crippen LogP contribution in [0.1, 0.15) is 30.5 Å². The zero-order valence-electron chi connectivity index (χ0n) is 20.2. The van der Waals surface area contributed by atoms with Crippen LogP contribution in [-0.4, -0.2) is 37.2 Å². The van der Waals surface area contributed by atoms with Gasteiger partial charge in [0.25, 0.3) is 0 Å². The molecule has 0 aliphatic heterocycles. The van der Waals surface area contributed by atoms with E-state index in [0.29, 0.717) is 17.2 Å². The number of carbonyl (C=O) groups excluding carboxylic acids is 1. The molecule has 0 amide bonds. The van der Waals surface area contributed by atoms with E-state index >= 15 is 0 Å². The molecule has 0 fully saturated rings. The molecular weight excluding hydrogens is 599 g/mol. The van der Waals surface area contributed by atoms with Gasteiger partial charge in [0.2, 0.25) is 5.75 Å². The fourth-order valence-corrected chi connectivity index (χ4v) is 3.34. The second-order valence-corrected chi connectivity index (χ2v) is 7.44. The van der Waals surface area contributed by atoms with Gasteiger partial charge in [0.05, 0.1) is 32.6 Å². The van der Waals surface area contributed by atoms with E-state index in [1.54, 1.807) is 21.3 Å². The minimum absolute atomic E-state index is 0. The number of carbonyl (C=O) groups is 1. The molecule has 1 radical (unpaired) electrons. The van der Waals surface area contributed by atoms with Crippen LogP contribution < -0.4 is 14.2 Å². The third kappa shape index (κ3) is 6.80. The molecule has 1 heterocycles. The molecule has 0 unspecified atom stereocenters. The van der Waals surface area contributed by atoms with E-state index in [-0.39, 0.29) is 31.6 Å². The standard InChI is InChI=1S/C21H22NO3.C5H8O2.Ir/c1-12-9-14(3)16(10-13(12)2)17-8-7-15-18(22-17)11-19(23-4)21(25-6)20(15)24-5;1-4(6)3-5(2)7;/h7-9,11H,1-6H3;3,6H,1-2H3;/q-1;;/b;4-3-;. The maximum atomic E-state index is 10.0. The summed E-state index contributed by atoms with van der Waals surface area (Å²) in [6, 6.07) is 11.5. The van der Waals surface area contributed by atoms with E-state index in [1.807, 2.05) is 18.2 Å². The zero-order chi connectivity index (χ0) is 24.0. The molecule has 0 atom stereocenters. The van der Waals surface area contributed by atoms with Gasteiger partial charge < -0.3 is 19.3 Å². The van der Waals surface area contributed by atoms with Gasteiger partial charge in [-0.15, -0.1) is 34.4 Å². The number of benzene rings is 2. The van der Waals surface area contributed by atoms with Crippen molar-refractivity contribution >= 4 is 16.7 Å². The SMILES string of the molecule is CC(=O)/C=C(/C)O.COc1cc2nc(-c3[c-]c(C)c(C)cc3C)ccc2c(OC)c1OC.[Ir]. The van der Waals surface area contributed by atoms with Crippen molar-refractivity contribution in [2.75, 3.05) is 21.3 Å². The van der Waals surface area contributed by atoms with Gasteiger partial charge in [-0.2, -0.15) is 0 Å². The van der Waals surface area contributed by atoms with E-state index in [4.69, 9.17) is 24.3 Å². The van der Waals surface area contributed by atoms with Crippen LogP contribution in [0.25, 0.3) is 22.2 Å². The normalized spacial score (nSPS) is 10.6. The molecule has 0 saturated carbocycles. The number of ether oxygens (including phenoxy) is 3. The van der Waals surface area contributed by atoms with E-state index in [9.17, 15) is 4.79 Å². The van der Waals surface area contributed by atoms with Crippen molar-refractivity contribution < 1.29 is 44.2 Å². The molecular formula is C26H30IrNO5-. The molecule has 33 heavy (non-hydrogen) atoms. The Labute approximate surface area is 208 Å². The number of rotatable bonds is 5. The van der Waals surface area contributed by atoms with Gasteiger partial charge in [-0.05, 0) is 19.5 Å². The summed E-state index contributed by atoms with van der Waals surface area (Å²) in [5.74, 6) is 1.72. The Morgan fingerprint density at radius 3 is 2.09 bits per heavy atom. The first-order valence-corrected chi connectivity index (χ1v) is 10.1. The monoisotopic (exact) mass is 629 g/mol. The summed E-state index contributed by atoms with van der Waals surface area (Å²) in [6.45, 7) is 9.09. The predicted octanol–water partition coefficient (Wildman–Crippen LogP) is 5.69. The third-order valence-electron chi connectivity index (χ3n) is 4.89. The summed E-state index contributed by atoms with van der Waals surface area (Å²) < 4.78 is 16.4. The number of methoxy groups -OCH3 is 3. The van der Waals surface area contributed by atoms with Crippen molar-refractivity contribution in [2.45, 2.75) is 34.6 Å². The molecule has 1 aromatic heterocycles.